The van der Waals surface area contributed by atoms with Gasteiger partial charge in [-0.1, -0.05) is 0 Å². The van der Waals surface area contributed by atoms with Crippen molar-refractivity contribution in [2.24, 2.45) is 7.05 Å². The van der Waals surface area contributed by atoms with E-state index in [1.807, 2.05) is 0 Å². The highest BCUT2D eigenvalue weighted by Crippen LogP contribution is 2.31. The van der Waals surface area contributed by atoms with Crippen molar-refractivity contribution >= 4 is 11.4 Å². The van der Waals surface area contributed by atoms with E-state index in [1.165, 1.54) is 42.2 Å². The molecule has 0 unspecified atom stereocenters. The summed E-state index contributed by atoms with van der Waals surface area (Å²) < 4.78 is 41.3. The molecule has 0 fully saturated rings. The lowest BCUT2D eigenvalue weighted by molar-refractivity contribution is -0.142. The topological polar surface area (TPSA) is 68.3 Å². The molecule has 1 amide bonds. The Morgan fingerprint density at radius 2 is 2.08 bits per heavy atom. The van der Waals surface area contributed by atoms with E-state index in [4.69, 9.17) is 0 Å². The fourth-order valence-electron chi connectivity index (χ4n) is 2.42. The standard InChI is InChI=1S/C14H13F3N6O/c1-21(7-9-8-22(2)20-12(9)14(15,16)17)13(24)10-6-19-23-11(10)4-3-5-18-23/h3-6,8H,7H2,1-2H3. The molecule has 0 aliphatic heterocycles. The predicted octanol–water partition coefficient (Wildman–Crippen LogP) is 1.75. The number of carbonyl (C=O) groups is 1. The van der Waals surface area contributed by atoms with Crippen LogP contribution in [0.4, 0.5) is 13.2 Å². The molecule has 7 nitrogen and oxygen atoms in total. The predicted molar refractivity (Wildman–Crippen MR) is 77.0 cm³/mol. The lowest BCUT2D eigenvalue weighted by Crippen LogP contribution is -2.27. The Labute approximate surface area is 134 Å². The van der Waals surface area contributed by atoms with Crippen molar-refractivity contribution in [2.45, 2.75) is 12.7 Å². The fraction of sp³-hybridized carbons (Fsp3) is 0.286. The van der Waals surface area contributed by atoms with Gasteiger partial charge in [0.15, 0.2) is 5.69 Å². The Kier molecular flexibility index (Phi) is 3.74. The van der Waals surface area contributed by atoms with Crippen LogP contribution in [0.1, 0.15) is 21.6 Å². The molecule has 0 spiro atoms. The van der Waals surface area contributed by atoms with Gasteiger partial charge in [-0.2, -0.15) is 33.1 Å². The van der Waals surface area contributed by atoms with E-state index >= 15 is 0 Å². The van der Waals surface area contributed by atoms with Crippen LogP contribution in [0.25, 0.3) is 5.52 Å². The Morgan fingerprint density at radius 3 is 2.79 bits per heavy atom. The van der Waals surface area contributed by atoms with Gasteiger partial charge in [0.05, 0.1) is 11.8 Å². The number of alkyl halides is 3. The summed E-state index contributed by atoms with van der Waals surface area (Å²) in [4.78, 5) is 13.7. The molecule has 0 aliphatic carbocycles. The number of fused-ring (bicyclic) bond motifs is 1. The number of hydrogen-bond acceptors (Lipinski definition) is 4. The quantitative estimate of drug-likeness (QED) is 0.730. The van der Waals surface area contributed by atoms with E-state index in [0.717, 1.165) is 4.68 Å². The second-order valence-electron chi connectivity index (χ2n) is 5.29. The first-order valence-corrected chi connectivity index (χ1v) is 6.91. The van der Waals surface area contributed by atoms with Crippen molar-refractivity contribution in [3.8, 4) is 0 Å². The minimum Gasteiger partial charge on any atom is -0.337 e. The monoisotopic (exact) mass is 338 g/mol. The number of aromatic nitrogens is 5. The molecule has 0 aliphatic rings. The Bertz CT molecular complexity index is 897. The van der Waals surface area contributed by atoms with Crippen molar-refractivity contribution in [1.82, 2.24) is 29.5 Å². The van der Waals surface area contributed by atoms with Crippen molar-refractivity contribution in [3.63, 3.8) is 0 Å². The molecule has 3 aromatic heterocycles. The SMILES string of the molecule is CN(Cc1cn(C)nc1C(F)(F)F)C(=O)c1cnn2ncccc12. The number of amides is 1. The van der Waals surface area contributed by atoms with Crippen LogP contribution in [-0.2, 0) is 19.8 Å². The zero-order valence-corrected chi connectivity index (χ0v) is 12.8. The molecule has 0 aromatic carbocycles. The van der Waals surface area contributed by atoms with Gasteiger partial charge < -0.3 is 4.90 Å². The average molecular weight is 338 g/mol. The number of hydrogen-bond donors (Lipinski definition) is 0. The molecule has 3 rings (SSSR count). The molecule has 0 N–H and O–H groups in total. The summed E-state index contributed by atoms with van der Waals surface area (Å²) in [5.41, 5.74) is -0.318. The van der Waals surface area contributed by atoms with Gasteiger partial charge >= 0.3 is 6.18 Å². The van der Waals surface area contributed by atoms with Gasteiger partial charge in [0.1, 0.15) is 5.52 Å². The molecule has 10 heteroatoms. The van der Waals surface area contributed by atoms with Crippen molar-refractivity contribution < 1.29 is 18.0 Å². The number of nitrogens with zero attached hydrogens (tertiary/aromatic N) is 6. The first-order chi connectivity index (χ1) is 11.3. The first kappa shape index (κ1) is 16.0. The lowest BCUT2D eigenvalue weighted by Gasteiger charge is -2.17. The van der Waals surface area contributed by atoms with E-state index in [-0.39, 0.29) is 17.7 Å². The largest absolute Gasteiger partial charge is 0.435 e. The van der Waals surface area contributed by atoms with Crippen LogP contribution in [0, 0.1) is 0 Å². The third-order valence-electron chi connectivity index (χ3n) is 3.46. The molecule has 0 radical (unpaired) electrons. The van der Waals surface area contributed by atoms with E-state index in [1.54, 1.807) is 12.1 Å². The molecule has 0 atom stereocenters. The van der Waals surface area contributed by atoms with Gasteiger partial charge in [0.25, 0.3) is 5.91 Å². The third kappa shape index (κ3) is 2.82. The summed E-state index contributed by atoms with van der Waals surface area (Å²) in [6.07, 6.45) is -0.461. The van der Waals surface area contributed by atoms with Gasteiger partial charge in [-0.15, -0.1) is 0 Å². The van der Waals surface area contributed by atoms with Crippen LogP contribution in [0.3, 0.4) is 0 Å². The summed E-state index contributed by atoms with van der Waals surface area (Å²) in [7, 11) is 2.83. The number of rotatable bonds is 3. The van der Waals surface area contributed by atoms with Crippen LogP contribution in [0.2, 0.25) is 0 Å². The molecule has 3 aromatic rings. The summed E-state index contributed by atoms with van der Waals surface area (Å²) >= 11 is 0. The van der Waals surface area contributed by atoms with Gasteiger partial charge in [-0.25, -0.2) is 0 Å². The molecule has 0 bridgehead atoms. The van der Waals surface area contributed by atoms with E-state index in [9.17, 15) is 18.0 Å². The lowest BCUT2D eigenvalue weighted by atomic mass is 10.2. The first-order valence-electron chi connectivity index (χ1n) is 6.91. The second-order valence-corrected chi connectivity index (χ2v) is 5.29. The average Bonchev–Trinajstić information content (AvgIpc) is 3.09. The molecule has 0 saturated heterocycles. The molecule has 24 heavy (non-hydrogen) atoms. The van der Waals surface area contributed by atoms with Crippen LogP contribution in [0.15, 0.2) is 30.7 Å². The number of halogens is 3. The smallest absolute Gasteiger partial charge is 0.337 e. The van der Waals surface area contributed by atoms with Crippen molar-refractivity contribution in [2.75, 3.05) is 7.05 Å². The van der Waals surface area contributed by atoms with Crippen LogP contribution < -0.4 is 0 Å². The van der Waals surface area contributed by atoms with Crippen molar-refractivity contribution in [1.29, 1.82) is 0 Å². The highest BCUT2D eigenvalue weighted by atomic mass is 19.4. The maximum absolute atomic E-state index is 13.0. The minimum atomic E-state index is -4.57. The summed E-state index contributed by atoms with van der Waals surface area (Å²) in [5.74, 6) is -0.449. The zero-order valence-electron chi connectivity index (χ0n) is 12.8. The number of aryl methyl sites for hydroxylation is 1. The van der Waals surface area contributed by atoms with Crippen molar-refractivity contribution in [3.05, 3.63) is 47.5 Å². The normalized spacial score (nSPS) is 11.9. The fourth-order valence-corrected chi connectivity index (χ4v) is 2.42. The van der Waals surface area contributed by atoms with Gasteiger partial charge in [0.2, 0.25) is 0 Å². The van der Waals surface area contributed by atoms with E-state index in [0.29, 0.717) is 5.52 Å². The molecule has 3 heterocycles. The van der Waals surface area contributed by atoms with Gasteiger partial charge in [-0.3, -0.25) is 9.48 Å². The number of carbonyl (C=O) groups excluding carboxylic acids is 1. The second kappa shape index (κ2) is 5.62. The molecule has 126 valence electrons. The Balaban J connectivity index is 1.88. The maximum atomic E-state index is 13.0. The minimum absolute atomic E-state index is 0.0737. The maximum Gasteiger partial charge on any atom is 0.435 e. The third-order valence-corrected chi connectivity index (χ3v) is 3.46. The molecular weight excluding hydrogens is 325 g/mol. The zero-order chi connectivity index (χ0) is 17.5. The summed E-state index contributed by atoms with van der Waals surface area (Å²) in [6.45, 7) is -0.223. The summed E-state index contributed by atoms with van der Waals surface area (Å²) in [5, 5.41) is 11.3. The molecular formula is C14H13F3N6O. The van der Waals surface area contributed by atoms with Gasteiger partial charge in [0, 0.05) is 38.6 Å². The van der Waals surface area contributed by atoms with E-state index < -0.39 is 17.8 Å². The summed E-state index contributed by atoms with van der Waals surface area (Å²) in [6, 6.07) is 3.31. The molecule has 0 saturated carbocycles. The highest BCUT2D eigenvalue weighted by molar-refractivity contribution is 6.00. The van der Waals surface area contributed by atoms with Gasteiger partial charge in [-0.05, 0) is 12.1 Å². The Hall–Kier alpha value is -2.91. The van der Waals surface area contributed by atoms with E-state index in [2.05, 4.69) is 15.3 Å². The van der Waals surface area contributed by atoms with Crippen LogP contribution in [-0.4, -0.2) is 42.5 Å². The Morgan fingerprint density at radius 1 is 1.33 bits per heavy atom. The highest BCUT2D eigenvalue weighted by Gasteiger charge is 2.37. The van der Waals surface area contributed by atoms with Crippen LogP contribution >= 0.6 is 0 Å². The van der Waals surface area contributed by atoms with Crippen LogP contribution in [0.5, 0.6) is 0 Å².